The zero-order valence-corrected chi connectivity index (χ0v) is 13.8. The van der Waals surface area contributed by atoms with Gasteiger partial charge < -0.3 is 5.32 Å². The number of nitrogens with zero attached hydrogens (tertiary/aromatic N) is 1. The van der Waals surface area contributed by atoms with E-state index in [-0.39, 0.29) is 0 Å². The number of rotatable bonds is 5. The zero-order valence-electron chi connectivity index (χ0n) is 13.0. The van der Waals surface area contributed by atoms with Crippen LogP contribution in [0.4, 0.5) is 0 Å². The van der Waals surface area contributed by atoms with Crippen LogP contribution in [0.3, 0.4) is 0 Å². The highest BCUT2D eigenvalue weighted by Gasteiger charge is 2.36. The number of hydrogen-bond acceptors (Lipinski definition) is 2. The van der Waals surface area contributed by atoms with Crippen LogP contribution in [0.5, 0.6) is 0 Å². The Kier molecular flexibility index (Phi) is 5.20. The Morgan fingerprint density at radius 2 is 2.00 bits per heavy atom. The molecule has 1 aromatic rings. The predicted molar refractivity (Wildman–Crippen MR) is 89.9 cm³/mol. The first-order chi connectivity index (χ1) is 10.3. The topological polar surface area (TPSA) is 15.3 Å². The summed E-state index contributed by atoms with van der Waals surface area (Å²) in [5.74, 6) is 0. The summed E-state index contributed by atoms with van der Waals surface area (Å²) in [6.07, 6.45) is 7.87. The lowest BCUT2D eigenvalue weighted by atomic mass is 9.96. The molecule has 3 rings (SSSR count). The van der Waals surface area contributed by atoms with Crippen molar-refractivity contribution >= 4 is 11.6 Å². The summed E-state index contributed by atoms with van der Waals surface area (Å²) < 4.78 is 0. The van der Waals surface area contributed by atoms with E-state index >= 15 is 0 Å². The van der Waals surface area contributed by atoms with Crippen LogP contribution in [0.15, 0.2) is 24.3 Å². The van der Waals surface area contributed by atoms with Gasteiger partial charge in [0.1, 0.15) is 0 Å². The number of halogens is 1. The van der Waals surface area contributed by atoms with Crippen LogP contribution in [-0.2, 0) is 0 Å². The number of nitrogens with one attached hydrogen (secondary N) is 1. The summed E-state index contributed by atoms with van der Waals surface area (Å²) in [5.41, 5.74) is 1.38. The fourth-order valence-corrected chi connectivity index (χ4v) is 4.16. The third-order valence-electron chi connectivity index (χ3n) is 5.12. The second-order valence-electron chi connectivity index (χ2n) is 6.55. The molecule has 2 heterocycles. The molecule has 0 aromatic heterocycles. The van der Waals surface area contributed by atoms with Gasteiger partial charge >= 0.3 is 0 Å². The summed E-state index contributed by atoms with van der Waals surface area (Å²) >= 11 is 6.03. The van der Waals surface area contributed by atoms with Crippen LogP contribution in [0.25, 0.3) is 0 Å². The molecule has 3 atom stereocenters. The zero-order chi connectivity index (χ0) is 14.7. The molecular weight excluding hydrogens is 280 g/mol. The molecular formula is C18H27ClN2. The van der Waals surface area contributed by atoms with Crippen LogP contribution in [-0.4, -0.2) is 30.1 Å². The molecule has 0 amide bonds. The minimum absolute atomic E-state index is 0.471. The van der Waals surface area contributed by atoms with E-state index in [1.54, 1.807) is 0 Å². The first-order valence-corrected chi connectivity index (χ1v) is 8.91. The molecule has 3 heteroatoms. The van der Waals surface area contributed by atoms with E-state index in [2.05, 4.69) is 29.3 Å². The van der Waals surface area contributed by atoms with Crippen LogP contribution in [0.1, 0.15) is 57.1 Å². The smallest absolute Gasteiger partial charge is 0.0406 e. The van der Waals surface area contributed by atoms with Crippen molar-refractivity contribution in [2.45, 2.75) is 63.6 Å². The summed E-state index contributed by atoms with van der Waals surface area (Å²) in [4.78, 5) is 2.70. The van der Waals surface area contributed by atoms with Crippen LogP contribution in [0.2, 0.25) is 5.02 Å². The average molecular weight is 307 g/mol. The molecule has 21 heavy (non-hydrogen) atoms. The lowest BCUT2D eigenvalue weighted by molar-refractivity contribution is 0.175. The third kappa shape index (κ3) is 3.61. The molecule has 0 radical (unpaired) electrons. The highest BCUT2D eigenvalue weighted by atomic mass is 35.5. The van der Waals surface area contributed by atoms with Crippen molar-refractivity contribution in [3.05, 3.63) is 34.9 Å². The van der Waals surface area contributed by atoms with E-state index in [1.807, 2.05) is 12.1 Å². The first kappa shape index (κ1) is 15.3. The molecule has 2 saturated heterocycles. The summed E-state index contributed by atoms with van der Waals surface area (Å²) in [6.45, 7) is 4.86. The molecule has 116 valence electrons. The van der Waals surface area contributed by atoms with E-state index in [9.17, 15) is 0 Å². The molecule has 0 bridgehead atoms. The fraction of sp³-hybridized carbons (Fsp3) is 0.667. The molecule has 0 spiro atoms. The number of benzene rings is 1. The quantitative estimate of drug-likeness (QED) is 0.867. The minimum atomic E-state index is 0.471. The van der Waals surface area contributed by atoms with Crippen molar-refractivity contribution < 1.29 is 0 Å². The van der Waals surface area contributed by atoms with Crippen molar-refractivity contribution in [3.8, 4) is 0 Å². The summed E-state index contributed by atoms with van der Waals surface area (Å²) in [7, 11) is 0. The Bertz CT molecular complexity index is 445. The van der Waals surface area contributed by atoms with Gasteiger partial charge in [0.2, 0.25) is 0 Å². The van der Waals surface area contributed by atoms with E-state index < -0.39 is 0 Å². The van der Waals surface area contributed by atoms with Gasteiger partial charge in [0.15, 0.2) is 0 Å². The minimum Gasteiger partial charge on any atom is -0.306 e. The van der Waals surface area contributed by atoms with Gasteiger partial charge in [-0.05, 0) is 49.9 Å². The monoisotopic (exact) mass is 306 g/mol. The summed E-state index contributed by atoms with van der Waals surface area (Å²) in [6, 6.07) is 10.3. The van der Waals surface area contributed by atoms with Gasteiger partial charge in [-0.15, -0.1) is 0 Å². The SMILES string of the molecule is CCCC(NC1CCN2CCCCC12)c1ccc(Cl)cc1. The molecule has 2 aliphatic heterocycles. The normalized spacial score (nSPS) is 27.5. The average Bonchev–Trinajstić information content (AvgIpc) is 2.91. The Balaban J connectivity index is 1.68. The van der Waals surface area contributed by atoms with Crippen molar-refractivity contribution in [1.29, 1.82) is 0 Å². The van der Waals surface area contributed by atoms with Gasteiger partial charge in [0, 0.05) is 29.7 Å². The van der Waals surface area contributed by atoms with Crippen molar-refractivity contribution in [3.63, 3.8) is 0 Å². The van der Waals surface area contributed by atoms with Gasteiger partial charge in [0.05, 0.1) is 0 Å². The molecule has 2 nitrogen and oxygen atoms in total. The number of piperidine rings is 1. The second kappa shape index (κ2) is 7.13. The highest BCUT2D eigenvalue weighted by molar-refractivity contribution is 6.30. The van der Waals surface area contributed by atoms with Crippen LogP contribution < -0.4 is 5.32 Å². The summed E-state index contributed by atoms with van der Waals surface area (Å²) in [5, 5.41) is 4.79. The van der Waals surface area contributed by atoms with Crippen molar-refractivity contribution in [2.75, 3.05) is 13.1 Å². The highest BCUT2D eigenvalue weighted by Crippen LogP contribution is 2.30. The van der Waals surface area contributed by atoms with Gasteiger partial charge in [-0.3, -0.25) is 4.90 Å². The Labute approximate surface area is 133 Å². The van der Waals surface area contributed by atoms with Crippen molar-refractivity contribution in [1.82, 2.24) is 10.2 Å². The van der Waals surface area contributed by atoms with Gasteiger partial charge in [-0.2, -0.15) is 0 Å². The van der Waals surface area contributed by atoms with Crippen molar-refractivity contribution in [2.24, 2.45) is 0 Å². The second-order valence-corrected chi connectivity index (χ2v) is 6.99. The predicted octanol–water partition coefficient (Wildman–Crippen LogP) is 4.40. The molecule has 2 fully saturated rings. The molecule has 1 aromatic carbocycles. The van der Waals surface area contributed by atoms with Gasteiger partial charge in [-0.1, -0.05) is 43.5 Å². The Hall–Kier alpha value is -0.570. The maximum absolute atomic E-state index is 6.03. The van der Waals surface area contributed by atoms with Crippen LogP contribution in [0, 0.1) is 0 Å². The third-order valence-corrected chi connectivity index (χ3v) is 5.37. The Morgan fingerprint density at radius 3 is 2.76 bits per heavy atom. The molecule has 0 saturated carbocycles. The van der Waals surface area contributed by atoms with Gasteiger partial charge in [0.25, 0.3) is 0 Å². The maximum Gasteiger partial charge on any atom is 0.0406 e. The Morgan fingerprint density at radius 1 is 1.19 bits per heavy atom. The van der Waals surface area contributed by atoms with E-state index in [4.69, 9.17) is 11.6 Å². The number of fused-ring (bicyclic) bond motifs is 1. The molecule has 3 unspecified atom stereocenters. The number of hydrogen-bond donors (Lipinski definition) is 1. The largest absolute Gasteiger partial charge is 0.306 e. The van der Waals surface area contributed by atoms with E-state index in [0.29, 0.717) is 12.1 Å². The standard InChI is InChI=1S/C18H27ClN2/c1-2-5-16(14-7-9-15(19)10-8-14)20-17-11-13-21-12-4-3-6-18(17)21/h7-10,16-18,20H,2-6,11-13H2,1H3. The molecule has 2 aliphatic rings. The van der Waals surface area contributed by atoms with E-state index in [1.165, 1.54) is 57.2 Å². The van der Waals surface area contributed by atoms with E-state index in [0.717, 1.165) is 11.1 Å². The first-order valence-electron chi connectivity index (χ1n) is 8.53. The molecule has 1 N–H and O–H groups in total. The lowest BCUT2D eigenvalue weighted by Crippen LogP contribution is -2.45. The maximum atomic E-state index is 6.03. The lowest BCUT2D eigenvalue weighted by Gasteiger charge is -2.34. The fourth-order valence-electron chi connectivity index (χ4n) is 4.03. The van der Waals surface area contributed by atoms with Gasteiger partial charge in [-0.25, -0.2) is 0 Å². The molecule has 0 aliphatic carbocycles. The van der Waals surface area contributed by atoms with Crippen LogP contribution >= 0.6 is 11.6 Å².